The van der Waals surface area contributed by atoms with Crippen LogP contribution in [-0.2, 0) is 13.1 Å². The number of hydrogen-bond donors (Lipinski definition) is 2. The Morgan fingerprint density at radius 2 is 1.81 bits per heavy atom. The maximum Gasteiger partial charge on any atom is 0.0210 e. The Labute approximate surface area is 99.2 Å². The quantitative estimate of drug-likeness (QED) is 0.773. The second kappa shape index (κ2) is 6.02. The Balaban J connectivity index is 2.60. The van der Waals surface area contributed by atoms with Crippen LogP contribution in [-0.4, -0.2) is 5.54 Å². The molecule has 0 heterocycles. The zero-order valence-corrected chi connectivity index (χ0v) is 10.7. The predicted molar refractivity (Wildman–Crippen MR) is 70.2 cm³/mol. The van der Waals surface area contributed by atoms with Crippen molar-refractivity contribution in [3.05, 3.63) is 35.4 Å². The van der Waals surface area contributed by atoms with E-state index in [0.29, 0.717) is 6.54 Å². The van der Waals surface area contributed by atoms with Gasteiger partial charge in [0.25, 0.3) is 0 Å². The van der Waals surface area contributed by atoms with Crippen LogP contribution >= 0.6 is 0 Å². The Bertz CT molecular complexity index is 316. The molecule has 0 fully saturated rings. The zero-order chi connectivity index (χ0) is 12.0. The number of benzene rings is 1. The molecule has 0 atom stereocenters. The average Bonchev–Trinajstić information content (AvgIpc) is 2.36. The van der Waals surface area contributed by atoms with Crippen molar-refractivity contribution in [2.45, 2.75) is 52.2 Å². The van der Waals surface area contributed by atoms with E-state index < -0.39 is 0 Å². The summed E-state index contributed by atoms with van der Waals surface area (Å²) in [6.07, 6.45) is 2.31. The highest BCUT2D eigenvalue weighted by Gasteiger charge is 2.17. The predicted octanol–water partition coefficient (Wildman–Crippen LogP) is 2.81. The molecule has 0 unspecified atom stereocenters. The largest absolute Gasteiger partial charge is 0.326 e. The van der Waals surface area contributed by atoms with E-state index in [2.05, 4.69) is 50.4 Å². The summed E-state index contributed by atoms with van der Waals surface area (Å²) in [5.74, 6) is 0. The molecule has 0 amide bonds. The minimum Gasteiger partial charge on any atom is -0.326 e. The molecule has 2 nitrogen and oxygen atoms in total. The monoisotopic (exact) mass is 220 g/mol. The first-order valence-electron chi connectivity index (χ1n) is 6.16. The van der Waals surface area contributed by atoms with Gasteiger partial charge in [-0.1, -0.05) is 38.1 Å². The van der Waals surface area contributed by atoms with Crippen LogP contribution in [0.15, 0.2) is 24.3 Å². The van der Waals surface area contributed by atoms with Crippen molar-refractivity contribution in [3.63, 3.8) is 0 Å². The fourth-order valence-electron chi connectivity index (χ4n) is 1.68. The zero-order valence-electron chi connectivity index (χ0n) is 10.7. The van der Waals surface area contributed by atoms with Crippen molar-refractivity contribution >= 4 is 0 Å². The van der Waals surface area contributed by atoms with E-state index in [1.807, 2.05) is 0 Å². The van der Waals surface area contributed by atoms with Crippen molar-refractivity contribution in [2.24, 2.45) is 5.73 Å². The van der Waals surface area contributed by atoms with Crippen molar-refractivity contribution in [1.82, 2.24) is 5.32 Å². The van der Waals surface area contributed by atoms with Gasteiger partial charge in [0.1, 0.15) is 0 Å². The highest BCUT2D eigenvalue weighted by atomic mass is 15.0. The molecule has 0 aliphatic rings. The normalized spacial score (nSPS) is 11.8. The molecule has 2 heteroatoms. The topological polar surface area (TPSA) is 38.0 Å². The summed E-state index contributed by atoms with van der Waals surface area (Å²) in [7, 11) is 0. The van der Waals surface area contributed by atoms with Crippen LogP contribution in [0.4, 0.5) is 0 Å². The van der Waals surface area contributed by atoms with Gasteiger partial charge in [0.05, 0.1) is 0 Å². The van der Waals surface area contributed by atoms with Crippen LogP contribution in [0.5, 0.6) is 0 Å². The van der Waals surface area contributed by atoms with Crippen LogP contribution in [0.2, 0.25) is 0 Å². The summed E-state index contributed by atoms with van der Waals surface area (Å²) in [5, 5.41) is 3.62. The molecule has 0 aromatic heterocycles. The van der Waals surface area contributed by atoms with Gasteiger partial charge in [0, 0.05) is 18.6 Å². The maximum absolute atomic E-state index is 5.63. The molecule has 0 aliphatic carbocycles. The van der Waals surface area contributed by atoms with Crippen molar-refractivity contribution in [2.75, 3.05) is 0 Å². The molecule has 90 valence electrons. The number of rotatable bonds is 6. The Hall–Kier alpha value is -0.860. The van der Waals surface area contributed by atoms with Crippen LogP contribution in [0, 0.1) is 0 Å². The highest BCUT2D eigenvalue weighted by molar-refractivity contribution is 5.23. The van der Waals surface area contributed by atoms with Gasteiger partial charge in [-0.2, -0.15) is 0 Å². The highest BCUT2D eigenvalue weighted by Crippen LogP contribution is 2.15. The van der Waals surface area contributed by atoms with E-state index in [-0.39, 0.29) is 5.54 Å². The summed E-state index contributed by atoms with van der Waals surface area (Å²) >= 11 is 0. The van der Waals surface area contributed by atoms with Crippen LogP contribution in [0.1, 0.15) is 44.7 Å². The minimum absolute atomic E-state index is 0.249. The van der Waals surface area contributed by atoms with E-state index in [0.717, 1.165) is 19.4 Å². The van der Waals surface area contributed by atoms with Crippen LogP contribution < -0.4 is 11.1 Å². The van der Waals surface area contributed by atoms with E-state index in [1.165, 1.54) is 11.1 Å². The SMILES string of the molecule is CCC(C)(CC)NCc1cccc(CN)c1. The number of nitrogens with two attached hydrogens (primary N) is 1. The lowest BCUT2D eigenvalue weighted by Gasteiger charge is -2.28. The lowest BCUT2D eigenvalue weighted by Crippen LogP contribution is -2.40. The van der Waals surface area contributed by atoms with Gasteiger partial charge in [-0.05, 0) is 30.9 Å². The molecule has 0 bridgehead atoms. The van der Waals surface area contributed by atoms with Gasteiger partial charge in [-0.15, -0.1) is 0 Å². The first-order valence-corrected chi connectivity index (χ1v) is 6.16. The molecular formula is C14H24N2. The van der Waals surface area contributed by atoms with Crippen molar-refractivity contribution in [1.29, 1.82) is 0 Å². The first-order chi connectivity index (χ1) is 7.63. The van der Waals surface area contributed by atoms with Gasteiger partial charge >= 0.3 is 0 Å². The second-order valence-corrected chi connectivity index (χ2v) is 4.65. The lowest BCUT2D eigenvalue weighted by atomic mass is 9.95. The minimum atomic E-state index is 0.249. The molecule has 1 aromatic carbocycles. The van der Waals surface area contributed by atoms with Gasteiger partial charge in [-0.3, -0.25) is 0 Å². The van der Waals surface area contributed by atoms with E-state index >= 15 is 0 Å². The molecule has 3 N–H and O–H groups in total. The summed E-state index contributed by atoms with van der Waals surface area (Å²) in [5.41, 5.74) is 8.40. The summed E-state index contributed by atoms with van der Waals surface area (Å²) in [4.78, 5) is 0. The molecule has 0 radical (unpaired) electrons. The van der Waals surface area contributed by atoms with Gasteiger partial charge in [0.15, 0.2) is 0 Å². The third-order valence-electron chi connectivity index (χ3n) is 3.51. The summed E-state index contributed by atoms with van der Waals surface area (Å²) in [6, 6.07) is 8.48. The molecule has 0 spiro atoms. The molecule has 1 aromatic rings. The van der Waals surface area contributed by atoms with Crippen LogP contribution in [0.3, 0.4) is 0 Å². The van der Waals surface area contributed by atoms with E-state index in [4.69, 9.17) is 5.73 Å². The molecule has 1 rings (SSSR count). The summed E-state index contributed by atoms with van der Waals surface area (Å²) < 4.78 is 0. The Morgan fingerprint density at radius 1 is 1.19 bits per heavy atom. The van der Waals surface area contributed by atoms with Crippen molar-refractivity contribution < 1.29 is 0 Å². The fraction of sp³-hybridized carbons (Fsp3) is 0.571. The van der Waals surface area contributed by atoms with Gasteiger partial charge in [-0.25, -0.2) is 0 Å². The lowest BCUT2D eigenvalue weighted by molar-refractivity contribution is 0.329. The van der Waals surface area contributed by atoms with Gasteiger partial charge < -0.3 is 11.1 Å². The maximum atomic E-state index is 5.63. The molecule has 0 saturated heterocycles. The van der Waals surface area contributed by atoms with Crippen molar-refractivity contribution in [3.8, 4) is 0 Å². The standard InChI is InChI=1S/C14H24N2/c1-4-14(3,5-2)16-11-13-8-6-7-12(9-13)10-15/h6-9,16H,4-5,10-11,15H2,1-3H3. The Kier molecular flexibility index (Phi) is 4.97. The smallest absolute Gasteiger partial charge is 0.0210 e. The molecule has 0 saturated carbocycles. The van der Waals surface area contributed by atoms with E-state index in [1.54, 1.807) is 0 Å². The number of hydrogen-bond acceptors (Lipinski definition) is 2. The van der Waals surface area contributed by atoms with E-state index in [9.17, 15) is 0 Å². The van der Waals surface area contributed by atoms with Gasteiger partial charge in [0.2, 0.25) is 0 Å². The third kappa shape index (κ3) is 3.62. The fourth-order valence-corrected chi connectivity index (χ4v) is 1.68. The molecular weight excluding hydrogens is 196 g/mol. The second-order valence-electron chi connectivity index (χ2n) is 4.65. The average molecular weight is 220 g/mol. The molecule has 16 heavy (non-hydrogen) atoms. The Morgan fingerprint density at radius 3 is 2.38 bits per heavy atom. The molecule has 0 aliphatic heterocycles. The van der Waals surface area contributed by atoms with Crippen LogP contribution in [0.25, 0.3) is 0 Å². The summed E-state index contributed by atoms with van der Waals surface area (Å²) in [6.45, 7) is 8.28. The third-order valence-corrected chi connectivity index (χ3v) is 3.51. The number of nitrogens with one attached hydrogen (secondary N) is 1. The first kappa shape index (κ1) is 13.2.